The molecular formula is C42H38FIrN3S-2. The van der Waals surface area contributed by atoms with Crippen LogP contribution in [0.5, 0.6) is 0 Å². The summed E-state index contributed by atoms with van der Waals surface area (Å²) in [6, 6.07) is 27.4. The van der Waals surface area contributed by atoms with Crippen LogP contribution in [0, 0.1) is 50.8 Å². The number of nitrogens with zero attached hydrogens (tertiary/aromatic N) is 3. The van der Waals surface area contributed by atoms with Gasteiger partial charge in [0.2, 0.25) is 0 Å². The molecule has 0 fully saturated rings. The molecule has 0 N–H and O–H groups in total. The molecule has 1 radical (unpaired) electrons. The van der Waals surface area contributed by atoms with E-state index in [1.54, 1.807) is 30.5 Å². The van der Waals surface area contributed by atoms with E-state index in [1.807, 2.05) is 57.2 Å². The van der Waals surface area contributed by atoms with Crippen LogP contribution in [0.15, 0.2) is 91.3 Å². The van der Waals surface area contributed by atoms with E-state index >= 15 is 0 Å². The number of rotatable bonds is 4. The van der Waals surface area contributed by atoms with Gasteiger partial charge >= 0.3 is 0 Å². The molecule has 0 spiro atoms. The number of hydrogen-bond donors (Lipinski definition) is 0. The minimum atomic E-state index is -2.42. The van der Waals surface area contributed by atoms with Crippen LogP contribution in [0.1, 0.15) is 65.2 Å². The third-order valence-corrected chi connectivity index (χ3v) is 8.54. The summed E-state index contributed by atoms with van der Waals surface area (Å²) in [4.78, 5) is 13.6. The molecule has 0 saturated carbocycles. The van der Waals surface area contributed by atoms with Gasteiger partial charge in [0.05, 0.1) is 0 Å². The summed E-state index contributed by atoms with van der Waals surface area (Å²) in [5, 5.41) is 1.74. The second-order valence-corrected chi connectivity index (χ2v) is 13.3. The maximum Gasteiger partial charge on any atom is 0.113 e. The number of pyridine rings is 3. The summed E-state index contributed by atoms with van der Waals surface area (Å²) in [6.45, 7) is -3.42. The molecule has 0 aliphatic carbocycles. The average Bonchev–Trinajstić information content (AvgIpc) is 3.51. The van der Waals surface area contributed by atoms with E-state index in [0.29, 0.717) is 33.6 Å². The molecule has 0 aliphatic heterocycles. The molecule has 3 aromatic carbocycles. The van der Waals surface area contributed by atoms with E-state index in [1.165, 1.54) is 29.7 Å². The summed E-state index contributed by atoms with van der Waals surface area (Å²) in [6.07, 6.45) is 3.32. The van der Waals surface area contributed by atoms with E-state index < -0.39 is 33.2 Å². The SMILES string of the molecule is [2H]C([2H])([2H])c1c[c-]c(-c2cc(CC(C)(C)C)c(C([2H])([2H])[2H])cn2)c(F)c1.[2H]C([2H])([2H])c1ccc2c(n1)sc1c(-c3cc(C([2H])([2H])[2H])c(-c4ccccc4)cn3)[c-]ccc12.[Ir]. The van der Waals surface area contributed by atoms with Crippen LogP contribution >= 0.6 is 11.3 Å². The molecule has 4 heterocycles. The van der Waals surface area contributed by atoms with E-state index in [0.717, 1.165) is 27.1 Å². The van der Waals surface area contributed by atoms with Gasteiger partial charge in [0, 0.05) is 66.0 Å². The number of aryl methyl sites for hydroxylation is 4. The first-order chi connectivity index (χ1) is 27.3. The molecule has 7 rings (SSSR count). The van der Waals surface area contributed by atoms with Crippen molar-refractivity contribution in [1.82, 2.24) is 15.0 Å². The van der Waals surface area contributed by atoms with E-state index in [-0.39, 0.29) is 59.2 Å². The summed E-state index contributed by atoms with van der Waals surface area (Å²) in [5.74, 6) is -0.755. The van der Waals surface area contributed by atoms with Gasteiger partial charge in [-0.25, -0.2) is 4.98 Å². The van der Waals surface area contributed by atoms with Crippen molar-refractivity contribution in [3.05, 3.63) is 137 Å². The second kappa shape index (κ2) is 14.6. The van der Waals surface area contributed by atoms with Gasteiger partial charge in [-0.3, -0.25) is 4.39 Å². The van der Waals surface area contributed by atoms with E-state index in [2.05, 4.69) is 27.1 Å². The fourth-order valence-electron chi connectivity index (χ4n) is 5.27. The van der Waals surface area contributed by atoms with Gasteiger partial charge in [0.15, 0.2) is 0 Å². The summed E-state index contributed by atoms with van der Waals surface area (Å²) in [5.41, 5.74) is 3.39. The molecular weight excluding hydrogens is 790 g/mol. The summed E-state index contributed by atoms with van der Waals surface area (Å²) >= 11 is 1.35. The second-order valence-electron chi connectivity index (χ2n) is 12.3. The van der Waals surface area contributed by atoms with Crippen LogP contribution in [-0.4, -0.2) is 15.0 Å². The first-order valence-electron chi connectivity index (χ1n) is 20.8. The molecule has 0 atom stereocenters. The minimum absolute atomic E-state index is 0. The van der Waals surface area contributed by atoms with Crippen molar-refractivity contribution in [2.75, 3.05) is 0 Å². The van der Waals surface area contributed by atoms with Gasteiger partial charge in [-0.1, -0.05) is 92.7 Å². The molecule has 0 saturated heterocycles. The van der Waals surface area contributed by atoms with Crippen LogP contribution in [0.3, 0.4) is 0 Å². The Labute approximate surface area is 317 Å². The third-order valence-electron chi connectivity index (χ3n) is 7.40. The quantitative estimate of drug-likeness (QED) is 0.166. The zero-order valence-electron chi connectivity index (χ0n) is 38.3. The fraction of sp³-hybridized carbons (Fsp3) is 0.214. The zero-order chi connectivity index (χ0) is 43.3. The number of thiophene rings is 1. The van der Waals surface area contributed by atoms with Crippen molar-refractivity contribution < 1.29 is 40.9 Å². The number of hydrogen-bond acceptors (Lipinski definition) is 4. The Morgan fingerprint density at radius 1 is 0.812 bits per heavy atom. The number of halogens is 1. The van der Waals surface area contributed by atoms with Crippen LogP contribution < -0.4 is 0 Å². The predicted molar refractivity (Wildman–Crippen MR) is 195 cm³/mol. The van der Waals surface area contributed by atoms with Gasteiger partial charge in [-0.2, -0.15) is 11.3 Å². The first kappa shape index (κ1) is 22.5. The van der Waals surface area contributed by atoms with Crippen molar-refractivity contribution in [3.8, 4) is 33.6 Å². The number of fused-ring (bicyclic) bond motifs is 3. The van der Waals surface area contributed by atoms with Crippen LogP contribution in [0.25, 0.3) is 53.9 Å². The van der Waals surface area contributed by atoms with Crippen LogP contribution in [0.2, 0.25) is 0 Å². The normalized spacial score (nSPS) is 16.0. The first-order valence-corrected chi connectivity index (χ1v) is 15.7. The summed E-state index contributed by atoms with van der Waals surface area (Å²) < 4.78 is 108. The molecule has 0 amide bonds. The van der Waals surface area contributed by atoms with Gasteiger partial charge in [-0.05, 0) is 76.6 Å². The van der Waals surface area contributed by atoms with Crippen LogP contribution in [-0.2, 0) is 26.5 Å². The monoisotopic (exact) mass is 840 g/mol. The van der Waals surface area contributed by atoms with Gasteiger partial charge in [-0.15, -0.1) is 47.5 Å². The van der Waals surface area contributed by atoms with Crippen molar-refractivity contribution >= 4 is 31.6 Å². The van der Waals surface area contributed by atoms with Crippen molar-refractivity contribution in [2.45, 2.75) is 54.6 Å². The Kier molecular flexibility index (Phi) is 6.84. The molecule has 48 heavy (non-hydrogen) atoms. The van der Waals surface area contributed by atoms with Crippen LogP contribution in [0.4, 0.5) is 4.39 Å². The topological polar surface area (TPSA) is 38.7 Å². The standard InChI is InChI=1S/C24H17N2S.C18H21FN.Ir/c1-15-13-22(25-14-21(15)17-7-4-3-5-8-17)20-10-6-9-18-19-12-11-16(2)26-24(19)27-23(18)20;1-12-6-7-15(16(19)8-12)17-9-14(10-18(3,4)5)13(2)11-20-17;/h3-9,11-14H,1-2H3;6,8-9,11H,10H2,1-5H3;/q2*-1;/i2*1D3,2D3;. The molecule has 0 unspecified atom stereocenters. The molecule has 7 aromatic rings. The molecule has 6 heteroatoms. The van der Waals surface area contributed by atoms with Crippen molar-refractivity contribution in [1.29, 1.82) is 0 Å². The zero-order valence-corrected chi connectivity index (χ0v) is 29.5. The Morgan fingerprint density at radius 2 is 1.60 bits per heavy atom. The molecule has 245 valence electrons. The minimum Gasteiger partial charge on any atom is -0.304 e. The van der Waals surface area contributed by atoms with Gasteiger partial charge < -0.3 is 9.97 Å². The Balaban J connectivity index is 0.000000231. The largest absolute Gasteiger partial charge is 0.304 e. The Morgan fingerprint density at radius 3 is 2.33 bits per heavy atom. The van der Waals surface area contributed by atoms with Gasteiger partial charge in [0.1, 0.15) is 4.83 Å². The molecule has 3 nitrogen and oxygen atoms in total. The van der Waals surface area contributed by atoms with Crippen molar-refractivity contribution in [2.24, 2.45) is 5.41 Å². The fourth-order valence-corrected chi connectivity index (χ4v) is 6.45. The summed E-state index contributed by atoms with van der Waals surface area (Å²) in [7, 11) is 0. The smallest absolute Gasteiger partial charge is 0.113 e. The van der Waals surface area contributed by atoms with E-state index in [9.17, 15) is 4.39 Å². The Hall–Kier alpha value is -4.09. The average molecular weight is 840 g/mol. The predicted octanol–water partition coefficient (Wildman–Crippen LogP) is 11.5. The molecule has 0 aliphatic rings. The molecule has 4 aromatic heterocycles. The maximum absolute atomic E-state index is 14.4. The van der Waals surface area contributed by atoms with E-state index in [4.69, 9.17) is 16.4 Å². The number of benzene rings is 3. The Bertz CT molecular complexity index is 2650. The number of aromatic nitrogens is 3. The third kappa shape index (κ3) is 7.79. The van der Waals surface area contributed by atoms with Gasteiger partial charge in [0.25, 0.3) is 0 Å². The van der Waals surface area contributed by atoms with Crippen molar-refractivity contribution in [3.63, 3.8) is 0 Å². The molecule has 0 bridgehead atoms. The maximum atomic E-state index is 14.4.